The molecule has 2 aliphatic heterocycles. The lowest BCUT2D eigenvalue weighted by Crippen LogP contribution is -2.54. The predicted octanol–water partition coefficient (Wildman–Crippen LogP) is 2.54. The number of ether oxygens (including phenoxy) is 3. The van der Waals surface area contributed by atoms with Crippen molar-refractivity contribution in [2.75, 3.05) is 33.0 Å². The fourth-order valence-electron chi connectivity index (χ4n) is 4.78. The third kappa shape index (κ3) is 4.09. The number of nitrogens with zero attached hydrogens (tertiary/aromatic N) is 1. The molecule has 0 radical (unpaired) electrons. The van der Waals surface area contributed by atoms with Gasteiger partial charge in [-0.2, -0.15) is 0 Å². The molecule has 0 N–H and O–H groups in total. The lowest BCUT2D eigenvalue weighted by molar-refractivity contribution is -0.153. The standard InChI is InChI=1S/C20H31NO4/c22-19(13-15-3-1-2-4-15)21-9-12-24-20-17(21)5-6-18(20)25-14-16-7-10-23-11-8-16/h1,3,15-18,20H,2,4-14H2/t15?,17-,18+,20+/m0/s1. The first-order chi connectivity index (χ1) is 12.3. The Morgan fingerprint density at radius 2 is 2.00 bits per heavy atom. The molecule has 0 bridgehead atoms. The summed E-state index contributed by atoms with van der Waals surface area (Å²) in [5, 5.41) is 0. The maximum atomic E-state index is 12.8. The van der Waals surface area contributed by atoms with E-state index in [-0.39, 0.29) is 18.2 Å². The first kappa shape index (κ1) is 17.5. The average Bonchev–Trinajstić information content (AvgIpc) is 3.30. The van der Waals surface area contributed by atoms with Crippen LogP contribution < -0.4 is 0 Å². The summed E-state index contributed by atoms with van der Waals surface area (Å²) in [6, 6.07) is 0.214. The van der Waals surface area contributed by atoms with Crippen LogP contribution in [-0.4, -0.2) is 62.0 Å². The number of rotatable bonds is 5. The van der Waals surface area contributed by atoms with Crippen LogP contribution in [0.3, 0.4) is 0 Å². The van der Waals surface area contributed by atoms with E-state index in [1.54, 1.807) is 0 Å². The summed E-state index contributed by atoms with van der Waals surface area (Å²) in [4.78, 5) is 14.9. The average molecular weight is 349 g/mol. The molecular weight excluding hydrogens is 318 g/mol. The van der Waals surface area contributed by atoms with E-state index in [1.807, 2.05) is 0 Å². The van der Waals surface area contributed by atoms with Crippen molar-refractivity contribution in [1.29, 1.82) is 0 Å². The van der Waals surface area contributed by atoms with Crippen LogP contribution in [0.4, 0.5) is 0 Å². The van der Waals surface area contributed by atoms with Gasteiger partial charge in [0, 0.05) is 26.2 Å². The smallest absolute Gasteiger partial charge is 0.223 e. The maximum absolute atomic E-state index is 12.8. The highest BCUT2D eigenvalue weighted by molar-refractivity contribution is 5.77. The van der Waals surface area contributed by atoms with Gasteiger partial charge >= 0.3 is 0 Å². The van der Waals surface area contributed by atoms with Gasteiger partial charge in [-0.1, -0.05) is 12.2 Å². The first-order valence-corrected chi connectivity index (χ1v) is 10.1. The molecule has 2 aliphatic carbocycles. The van der Waals surface area contributed by atoms with Gasteiger partial charge in [0.1, 0.15) is 6.10 Å². The zero-order valence-electron chi connectivity index (χ0n) is 15.1. The van der Waals surface area contributed by atoms with E-state index in [4.69, 9.17) is 14.2 Å². The minimum absolute atomic E-state index is 0.0664. The van der Waals surface area contributed by atoms with E-state index in [0.717, 1.165) is 64.9 Å². The molecule has 1 amide bonds. The summed E-state index contributed by atoms with van der Waals surface area (Å²) in [6.07, 6.45) is 11.7. The van der Waals surface area contributed by atoms with Gasteiger partial charge < -0.3 is 19.1 Å². The second-order valence-electron chi connectivity index (χ2n) is 7.96. The third-order valence-corrected chi connectivity index (χ3v) is 6.29. The highest BCUT2D eigenvalue weighted by Crippen LogP contribution is 2.34. The maximum Gasteiger partial charge on any atom is 0.223 e. The van der Waals surface area contributed by atoms with Crippen LogP contribution in [0, 0.1) is 11.8 Å². The van der Waals surface area contributed by atoms with Crippen LogP contribution in [0.1, 0.15) is 44.9 Å². The third-order valence-electron chi connectivity index (χ3n) is 6.29. The highest BCUT2D eigenvalue weighted by atomic mass is 16.5. The topological polar surface area (TPSA) is 48.0 Å². The van der Waals surface area contributed by atoms with Crippen LogP contribution in [0.15, 0.2) is 12.2 Å². The molecule has 1 saturated carbocycles. The van der Waals surface area contributed by atoms with Crippen LogP contribution >= 0.6 is 0 Å². The Bertz CT molecular complexity index is 488. The summed E-state index contributed by atoms with van der Waals surface area (Å²) in [5.41, 5.74) is 0. The van der Waals surface area contributed by atoms with Crippen LogP contribution in [0.25, 0.3) is 0 Å². The number of fused-ring (bicyclic) bond motifs is 1. The molecule has 4 aliphatic rings. The molecule has 0 spiro atoms. The van der Waals surface area contributed by atoms with Gasteiger partial charge in [-0.05, 0) is 50.4 Å². The van der Waals surface area contributed by atoms with Crippen LogP contribution in [0.2, 0.25) is 0 Å². The van der Waals surface area contributed by atoms with Crippen molar-refractivity contribution in [2.24, 2.45) is 11.8 Å². The second kappa shape index (κ2) is 8.19. The van der Waals surface area contributed by atoms with E-state index in [1.165, 1.54) is 0 Å². The van der Waals surface area contributed by atoms with Gasteiger partial charge in [0.05, 0.1) is 25.4 Å². The van der Waals surface area contributed by atoms with Gasteiger partial charge in [0.15, 0.2) is 0 Å². The largest absolute Gasteiger partial charge is 0.381 e. The van der Waals surface area contributed by atoms with Crippen LogP contribution in [0.5, 0.6) is 0 Å². The summed E-state index contributed by atoms with van der Waals surface area (Å²) < 4.78 is 17.7. The molecule has 0 aromatic rings. The van der Waals surface area contributed by atoms with Gasteiger partial charge in [-0.25, -0.2) is 0 Å². The Hall–Kier alpha value is -0.910. The molecule has 2 saturated heterocycles. The monoisotopic (exact) mass is 349 g/mol. The van der Waals surface area contributed by atoms with Crippen molar-refractivity contribution < 1.29 is 19.0 Å². The van der Waals surface area contributed by atoms with Crippen molar-refractivity contribution >= 4 is 5.91 Å². The summed E-state index contributed by atoms with van der Waals surface area (Å²) in [7, 11) is 0. The van der Waals surface area contributed by atoms with Gasteiger partial charge in [-0.3, -0.25) is 4.79 Å². The number of carbonyl (C=O) groups excluding carboxylic acids is 1. The molecule has 0 aromatic heterocycles. The number of allylic oxidation sites excluding steroid dienone is 2. The minimum atomic E-state index is 0.0664. The number of hydrogen-bond donors (Lipinski definition) is 0. The molecule has 5 heteroatoms. The van der Waals surface area contributed by atoms with E-state index >= 15 is 0 Å². The lowest BCUT2D eigenvalue weighted by atomic mass is 10.0. The molecule has 4 atom stereocenters. The van der Waals surface area contributed by atoms with E-state index < -0.39 is 0 Å². The molecule has 4 rings (SSSR count). The van der Waals surface area contributed by atoms with Gasteiger partial charge in [0.2, 0.25) is 5.91 Å². The van der Waals surface area contributed by atoms with E-state index in [9.17, 15) is 4.79 Å². The Morgan fingerprint density at radius 3 is 2.80 bits per heavy atom. The van der Waals surface area contributed by atoms with Crippen molar-refractivity contribution in [2.45, 2.75) is 63.2 Å². The Morgan fingerprint density at radius 1 is 1.12 bits per heavy atom. The number of morpholine rings is 1. The minimum Gasteiger partial charge on any atom is -0.381 e. The SMILES string of the molecule is O=C(CC1C=CCC1)N1CCO[C@H]2[C@H](OCC3CCOCC3)CC[C@@H]21. The first-order valence-electron chi connectivity index (χ1n) is 10.1. The normalized spacial score (nSPS) is 35.9. The fraction of sp³-hybridized carbons (Fsp3) is 0.850. The number of hydrogen-bond acceptors (Lipinski definition) is 4. The Balaban J connectivity index is 1.30. The molecule has 25 heavy (non-hydrogen) atoms. The van der Waals surface area contributed by atoms with E-state index in [0.29, 0.717) is 30.8 Å². The Labute approximate surface area is 150 Å². The van der Waals surface area contributed by atoms with Gasteiger partial charge in [-0.15, -0.1) is 0 Å². The van der Waals surface area contributed by atoms with E-state index in [2.05, 4.69) is 17.1 Å². The van der Waals surface area contributed by atoms with Gasteiger partial charge in [0.25, 0.3) is 0 Å². The highest BCUT2D eigenvalue weighted by Gasteiger charge is 2.45. The Kier molecular flexibility index (Phi) is 5.73. The molecule has 2 heterocycles. The molecule has 5 nitrogen and oxygen atoms in total. The fourth-order valence-corrected chi connectivity index (χ4v) is 4.78. The van der Waals surface area contributed by atoms with Crippen molar-refractivity contribution in [3.63, 3.8) is 0 Å². The molecule has 140 valence electrons. The zero-order chi connectivity index (χ0) is 17.1. The van der Waals surface area contributed by atoms with Crippen molar-refractivity contribution in [3.8, 4) is 0 Å². The number of amides is 1. The number of carbonyl (C=O) groups is 1. The molecule has 1 unspecified atom stereocenters. The van der Waals surface area contributed by atoms with Crippen LogP contribution in [-0.2, 0) is 19.0 Å². The zero-order valence-corrected chi connectivity index (χ0v) is 15.1. The molecule has 0 aromatic carbocycles. The summed E-state index contributed by atoms with van der Waals surface area (Å²) in [5.74, 6) is 1.36. The second-order valence-corrected chi connectivity index (χ2v) is 7.96. The predicted molar refractivity (Wildman–Crippen MR) is 94.2 cm³/mol. The summed E-state index contributed by atoms with van der Waals surface area (Å²) in [6.45, 7) is 3.91. The lowest BCUT2D eigenvalue weighted by Gasteiger charge is -2.39. The summed E-state index contributed by atoms with van der Waals surface area (Å²) >= 11 is 0. The van der Waals surface area contributed by atoms with Crippen molar-refractivity contribution in [1.82, 2.24) is 4.90 Å². The quantitative estimate of drug-likeness (QED) is 0.716. The molecular formula is C20H31NO4. The van der Waals surface area contributed by atoms with Crippen molar-refractivity contribution in [3.05, 3.63) is 12.2 Å². The molecule has 3 fully saturated rings.